The molecule has 1 fully saturated rings. The third kappa shape index (κ3) is 6.46. The number of halogens is 2. The van der Waals surface area contributed by atoms with Crippen molar-refractivity contribution in [3.63, 3.8) is 0 Å². The van der Waals surface area contributed by atoms with Crippen LogP contribution in [0.15, 0.2) is 65.6 Å². The molecule has 1 aliphatic rings. The molecule has 1 heterocycles. The fourth-order valence-electron chi connectivity index (χ4n) is 3.61. The van der Waals surface area contributed by atoms with Gasteiger partial charge in [-0.05, 0) is 72.8 Å². The van der Waals surface area contributed by atoms with Gasteiger partial charge in [0, 0.05) is 5.56 Å². The molecule has 4 rings (SSSR count). The highest BCUT2D eigenvalue weighted by molar-refractivity contribution is 8.18. The van der Waals surface area contributed by atoms with Crippen molar-refractivity contribution in [3.8, 4) is 23.3 Å². The summed E-state index contributed by atoms with van der Waals surface area (Å²) >= 11 is 7.33. The number of thioether (sulfide) groups is 1. The standard InChI is InChI=1S/C28H22ClFN2O5S/c1-2-35-24-14-18(13-23(29)26(24)37-17-20-6-4-3-5-19(20)16-31)15-25-27(33)32(28(34)38-25)11-12-36-22-9-7-21(30)8-10-22/h3-10,13-15H,2,11-12,17H2,1H3/b25-15-. The summed E-state index contributed by atoms with van der Waals surface area (Å²) < 4.78 is 30.2. The number of nitrogens with zero attached hydrogens (tertiary/aromatic N) is 2. The number of nitriles is 1. The van der Waals surface area contributed by atoms with Gasteiger partial charge in [-0.15, -0.1) is 0 Å². The minimum atomic E-state index is -0.453. The molecular formula is C28H22ClFN2O5S. The molecule has 38 heavy (non-hydrogen) atoms. The predicted octanol–water partition coefficient (Wildman–Crippen LogP) is 6.44. The van der Waals surface area contributed by atoms with Crippen molar-refractivity contribution in [2.45, 2.75) is 13.5 Å². The highest BCUT2D eigenvalue weighted by Crippen LogP contribution is 2.39. The van der Waals surface area contributed by atoms with Crippen LogP contribution in [0.2, 0.25) is 5.02 Å². The molecule has 0 spiro atoms. The van der Waals surface area contributed by atoms with Gasteiger partial charge in [0.05, 0.1) is 34.7 Å². The highest BCUT2D eigenvalue weighted by Gasteiger charge is 2.35. The molecule has 0 atom stereocenters. The quantitative estimate of drug-likeness (QED) is 0.267. The number of hydrogen-bond acceptors (Lipinski definition) is 7. The Labute approximate surface area is 228 Å². The Kier molecular flexibility index (Phi) is 8.89. The summed E-state index contributed by atoms with van der Waals surface area (Å²) in [4.78, 5) is 26.7. The number of rotatable bonds is 10. The number of hydrogen-bond donors (Lipinski definition) is 0. The second kappa shape index (κ2) is 12.5. The number of imide groups is 1. The summed E-state index contributed by atoms with van der Waals surface area (Å²) in [6.45, 7) is 2.38. The summed E-state index contributed by atoms with van der Waals surface area (Å²) in [6, 6.07) is 18.0. The fourth-order valence-corrected chi connectivity index (χ4v) is 4.75. The van der Waals surface area contributed by atoms with Gasteiger partial charge >= 0.3 is 0 Å². The SMILES string of the molecule is CCOc1cc(/C=C2\SC(=O)N(CCOc3ccc(F)cc3)C2=O)cc(Cl)c1OCc1ccccc1C#N. The smallest absolute Gasteiger partial charge is 0.293 e. The van der Waals surface area contributed by atoms with E-state index >= 15 is 0 Å². The van der Waals surface area contributed by atoms with Crippen LogP contribution >= 0.6 is 23.4 Å². The molecule has 2 amide bonds. The first kappa shape index (κ1) is 27.0. The van der Waals surface area contributed by atoms with Crippen LogP contribution in [0, 0.1) is 17.1 Å². The van der Waals surface area contributed by atoms with E-state index in [1.165, 1.54) is 24.3 Å². The Morgan fingerprint density at radius 1 is 1.08 bits per heavy atom. The molecule has 0 aromatic heterocycles. The van der Waals surface area contributed by atoms with Gasteiger partial charge in [0.25, 0.3) is 11.1 Å². The maximum Gasteiger partial charge on any atom is 0.293 e. The van der Waals surface area contributed by atoms with Crippen molar-refractivity contribution in [1.82, 2.24) is 4.90 Å². The largest absolute Gasteiger partial charge is 0.492 e. The topological polar surface area (TPSA) is 88.9 Å². The molecule has 0 unspecified atom stereocenters. The van der Waals surface area contributed by atoms with Crippen LogP contribution < -0.4 is 14.2 Å². The molecule has 194 valence electrons. The van der Waals surface area contributed by atoms with Gasteiger partial charge in [0.2, 0.25) is 0 Å². The van der Waals surface area contributed by atoms with E-state index in [9.17, 15) is 19.2 Å². The summed E-state index contributed by atoms with van der Waals surface area (Å²) in [5.41, 5.74) is 1.75. The van der Waals surface area contributed by atoms with E-state index in [4.69, 9.17) is 25.8 Å². The fraction of sp³-hybridized carbons (Fsp3) is 0.179. The van der Waals surface area contributed by atoms with E-state index in [0.717, 1.165) is 16.7 Å². The molecule has 1 saturated heterocycles. The third-order valence-electron chi connectivity index (χ3n) is 5.41. The Bertz CT molecular complexity index is 1420. The van der Waals surface area contributed by atoms with E-state index < -0.39 is 11.1 Å². The summed E-state index contributed by atoms with van der Waals surface area (Å²) in [6.07, 6.45) is 1.56. The van der Waals surface area contributed by atoms with Gasteiger partial charge in [-0.25, -0.2) is 4.39 Å². The average molecular weight is 553 g/mol. The second-order valence-corrected chi connectivity index (χ2v) is 9.36. The first-order valence-electron chi connectivity index (χ1n) is 11.6. The highest BCUT2D eigenvalue weighted by atomic mass is 35.5. The van der Waals surface area contributed by atoms with E-state index in [2.05, 4.69) is 6.07 Å². The molecule has 0 radical (unpaired) electrons. The predicted molar refractivity (Wildman–Crippen MR) is 143 cm³/mol. The van der Waals surface area contributed by atoms with Crippen LogP contribution in [-0.2, 0) is 11.4 Å². The Balaban J connectivity index is 1.47. The lowest BCUT2D eigenvalue weighted by Crippen LogP contribution is -2.32. The van der Waals surface area contributed by atoms with Crippen molar-refractivity contribution in [3.05, 3.63) is 93.1 Å². The molecule has 7 nitrogen and oxygen atoms in total. The molecule has 0 bridgehead atoms. The number of carbonyl (C=O) groups is 2. The number of amides is 2. The lowest BCUT2D eigenvalue weighted by atomic mass is 10.1. The van der Waals surface area contributed by atoms with Gasteiger partial charge in [0.15, 0.2) is 11.5 Å². The molecule has 0 aliphatic carbocycles. The Hall–Kier alpha value is -4.00. The second-order valence-electron chi connectivity index (χ2n) is 7.96. The van der Waals surface area contributed by atoms with Gasteiger partial charge in [-0.3, -0.25) is 14.5 Å². The molecule has 0 N–H and O–H groups in total. The summed E-state index contributed by atoms with van der Waals surface area (Å²) in [5.74, 6) is 0.276. The maximum absolute atomic E-state index is 13.0. The minimum Gasteiger partial charge on any atom is -0.492 e. The first-order chi connectivity index (χ1) is 18.4. The Morgan fingerprint density at radius 3 is 2.58 bits per heavy atom. The number of benzene rings is 3. The van der Waals surface area contributed by atoms with Crippen LogP contribution in [0.3, 0.4) is 0 Å². The molecule has 10 heteroatoms. The normalized spacial score (nSPS) is 14.1. The summed E-state index contributed by atoms with van der Waals surface area (Å²) in [7, 11) is 0. The van der Waals surface area contributed by atoms with Crippen molar-refractivity contribution >= 4 is 40.6 Å². The van der Waals surface area contributed by atoms with E-state index in [1.807, 2.05) is 13.0 Å². The van der Waals surface area contributed by atoms with E-state index in [-0.39, 0.29) is 35.5 Å². The van der Waals surface area contributed by atoms with Gasteiger partial charge < -0.3 is 14.2 Å². The first-order valence-corrected chi connectivity index (χ1v) is 12.8. The lowest BCUT2D eigenvalue weighted by Gasteiger charge is -2.15. The van der Waals surface area contributed by atoms with Crippen molar-refractivity contribution in [2.24, 2.45) is 0 Å². The summed E-state index contributed by atoms with van der Waals surface area (Å²) in [5, 5.41) is 9.14. The van der Waals surface area contributed by atoms with E-state index in [0.29, 0.717) is 40.5 Å². The molecular weight excluding hydrogens is 531 g/mol. The van der Waals surface area contributed by atoms with E-state index in [1.54, 1.807) is 36.4 Å². The van der Waals surface area contributed by atoms with Crippen LogP contribution in [-0.4, -0.2) is 35.8 Å². The molecule has 1 aliphatic heterocycles. The van der Waals surface area contributed by atoms with Crippen LogP contribution in [0.1, 0.15) is 23.6 Å². The van der Waals surface area contributed by atoms with Gasteiger partial charge in [-0.2, -0.15) is 5.26 Å². The van der Waals surface area contributed by atoms with Gasteiger partial charge in [-0.1, -0.05) is 29.8 Å². The third-order valence-corrected chi connectivity index (χ3v) is 6.60. The monoisotopic (exact) mass is 552 g/mol. The number of carbonyl (C=O) groups excluding carboxylic acids is 2. The van der Waals surface area contributed by atoms with Crippen molar-refractivity contribution in [1.29, 1.82) is 5.26 Å². The zero-order chi connectivity index (χ0) is 27.1. The Morgan fingerprint density at radius 2 is 1.84 bits per heavy atom. The maximum atomic E-state index is 13.0. The minimum absolute atomic E-state index is 0.0429. The van der Waals surface area contributed by atoms with Crippen molar-refractivity contribution in [2.75, 3.05) is 19.8 Å². The average Bonchev–Trinajstić information content (AvgIpc) is 3.17. The van der Waals surface area contributed by atoms with Crippen LogP contribution in [0.5, 0.6) is 17.2 Å². The van der Waals surface area contributed by atoms with Crippen LogP contribution in [0.4, 0.5) is 9.18 Å². The lowest BCUT2D eigenvalue weighted by molar-refractivity contribution is -0.123. The van der Waals surface area contributed by atoms with Crippen molar-refractivity contribution < 1.29 is 28.2 Å². The van der Waals surface area contributed by atoms with Gasteiger partial charge in [0.1, 0.15) is 24.8 Å². The molecule has 3 aromatic carbocycles. The zero-order valence-corrected chi connectivity index (χ0v) is 21.9. The number of ether oxygens (including phenoxy) is 3. The molecule has 3 aromatic rings. The van der Waals surface area contributed by atoms with Crippen LogP contribution in [0.25, 0.3) is 6.08 Å². The zero-order valence-electron chi connectivity index (χ0n) is 20.3. The molecule has 0 saturated carbocycles.